The van der Waals surface area contributed by atoms with E-state index < -0.39 is 0 Å². The van der Waals surface area contributed by atoms with Gasteiger partial charge in [0.1, 0.15) is 5.75 Å². The lowest BCUT2D eigenvalue weighted by Crippen LogP contribution is -2.23. The Balaban J connectivity index is 1.51. The Morgan fingerprint density at radius 2 is 1.52 bits per heavy atom. The van der Waals surface area contributed by atoms with Crippen LogP contribution in [0.3, 0.4) is 0 Å². The Morgan fingerprint density at radius 1 is 0.926 bits per heavy atom. The average Bonchev–Trinajstić information content (AvgIpc) is 2.72. The van der Waals surface area contributed by atoms with E-state index >= 15 is 0 Å². The highest BCUT2D eigenvalue weighted by Gasteiger charge is 2.07. The topological polar surface area (TPSA) is 76.1 Å². The van der Waals surface area contributed by atoms with Gasteiger partial charge in [-0.15, -0.1) is 0 Å². The molecule has 0 radical (unpaired) electrons. The molecule has 3 rings (SSSR count). The number of aryl methyl sites for hydroxylation is 1. The Morgan fingerprint density at radius 3 is 2.15 bits per heavy atom. The summed E-state index contributed by atoms with van der Waals surface area (Å²) in [6, 6.07) is 15.8. The molecule has 1 amide bonds. The average molecular weight is 362 g/mol. The van der Waals surface area contributed by atoms with Crippen molar-refractivity contribution in [2.45, 2.75) is 20.0 Å². The first-order valence-corrected chi connectivity index (χ1v) is 8.66. The van der Waals surface area contributed by atoms with Crippen LogP contribution in [0.1, 0.15) is 27.0 Å². The van der Waals surface area contributed by atoms with Crippen LogP contribution in [0.25, 0.3) is 0 Å². The van der Waals surface area contributed by atoms with Crippen LogP contribution in [-0.4, -0.2) is 23.0 Å². The molecule has 0 aliphatic heterocycles. The van der Waals surface area contributed by atoms with Crippen LogP contribution in [0.5, 0.6) is 5.75 Å². The molecule has 1 aromatic heterocycles. The van der Waals surface area contributed by atoms with Gasteiger partial charge in [-0.3, -0.25) is 4.79 Å². The molecular formula is C21H22N4O2. The monoisotopic (exact) mass is 362 g/mol. The molecule has 0 saturated carbocycles. The molecule has 0 aliphatic carbocycles. The van der Waals surface area contributed by atoms with E-state index in [2.05, 4.69) is 51.8 Å². The summed E-state index contributed by atoms with van der Waals surface area (Å²) in [5.74, 6) is 1.06. The molecule has 6 nitrogen and oxygen atoms in total. The van der Waals surface area contributed by atoms with Gasteiger partial charge >= 0.3 is 0 Å². The summed E-state index contributed by atoms with van der Waals surface area (Å²) in [5.41, 5.74) is 3.77. The standard InChI is InChI=1S/C21H22N4O2/c1-15-3-5-16(6-4-15)12-23-21-24-13-18(14-25-21)20(26)22-11-17-7-9-19(27-2)10-8-17/h3-10,13-14H,11-12H2,1-2H3,(H,22,26)(H,23,24,25). The van der Waals surface area contributed by atoms with Gasteiger partial charge in [0.2, 0.25) is 5.95 Å². The second-order valence-electron chi connectivity index (χ2n) is 6.17. The lowest BCUT2D eigenvalue weighted by molar-refractivity contribution is 0.0950. The molecule has 2 N–H and O–H groups in total. The summed E-state index contributed by atoms with van der Waals surface area (Å²) in [4.78, 5) is 20.6. The van der Waals surface area contributed by atoms with Crippen molar-refractivity contribution in [2.24, 2.45) is 0 Å². The highest BCUT2D eigenvalue weighted by Crippen LogP contribution is 2.11. The molecule has 3 aromatic rings. The number of carbonyl (C=O) groups excluding carboxylic acids is 1. The summed E-state index contributed by atoms with van der Waals surface area (Å²) < 4.78 is 5.12. The minimum absolute atomic E-state index is 0.212. The summed E-state index contributed by atoms with van der Waals surface area (Å²) in [6.07, 6.45) is 3.04. The van der Waals surface area contributed by atoms with E-state index in [-0.39, 0.29) is 5.91 Å². The van der Waals surface area contributed by atoms with Gasteiger partial charge in [-0.25, -0.2) is 9.97 Å². The van der Waals surface area contributed by atoms with E-state index in [1.807, 2.05) is 24.3 Å². The van der Waals surface area contributed by atoms with Gasteiger partial charge in [-0.05, 0) is 30.2 Å². The number of anilines is 1. The molecule has 1 heterocycles. The smallest absolute Gasteiger partial charge is 0.254 e. The van der Waals surface area contributed by atoms with Crippen molar-refractivity contribution in [3.8, 4) is 5.75 Å². The van der Waals surface area contributed by atoms with Crippen molar-refractivity contribution in [3.05, 3.63) is 83.2 Å². The Bertz CT molecular complexity index is 876. The summed E-state index contributed by atoms with van der Waals surface area (Å²) in [7, 11) is 1.62. The number of methoxy groups -OCH3 is 1. The SMILES string of the molecule is COc1ccc(CNC(=O)c2cnc(NCc3ccc(C)cc3)nc2)cc1. The van der Waals surface area contributed by atoms with Crippen LogP contribution in [-0.2, 0) is 13.1 Å². The molecular weight excluding hydrogens is 340 g/mol. The van der Waals surface area contributed by atoms with Crippen molar-refractivity contribution in [2.75, 3.05) is 12.4 Å². The van der Waals surface area contributed by atoms with Crippen LogP contribution in [0.2, 0.25) is 0 Å². The lowest BCUT2D eigenvalue weighted by atomic mass is 10.1. The fraction of sp³-hybridized carbons (Fsp3) is 0.190. The molecule has 6 heteroatoms. The third kappa shape index (κ3) is 5.28. The number of aromatic nitrogens is 2. The minimum atomic E-state index is -0.212. The van der Waals surface area contributed by atoms with Crippen molar-refractivity contribution in [1.29, 1.82) is 0 Å². The van der Waals surface area contributed by atoms with Gasteiger partial charge in [0, 0.05) is 25.5 Å². The highest BCUT2D eigenvalue weighted by molar-refractivity contribution is 5.93. The second kappa shape index (κ2) is 8.80. The number of hydrogen-bond acceptors (Lipinski definition) is 5. The quantitative estimate of drug-likeness (QED) is 0.674. The van der Waals surface area contributed by atoms with Crippen LogP contribution in [0.15, 0.2) is 60.9 Å². The molecule has 0 aliphatic rings. The predicted octanol–water partition coefficient (Wildman–Crippen LogP) is 3.34. The number of hydrogen-bond donors (Lipinski definition) is 2. The lowest BCUT2D eigenvalue weighted by Gasteiger charge is -2.08. The van der Waals surface area contributed by atoms with Gasteiger partial charge in [-0.2, -0.15) is 0 Å². The van der Waals surface area contributed by atoms with Crippen molar-refractivity contribution >= 4 is 11.9 Å². The number of nitrogens with one attached hydrogen (secondary N) is 2. The Hall–Kier alpha value is -3.41. The normalized spacial score (nSPS) is 10.3. The number of rotatable bonds is 7. The first-order valence-electron chi connectivity index (χ1n) is 8.66. The third-order valence-electron chi connectivity index (χ3n) is 4.10. The largest absolute Gasteiger partial charge is 0.497 e. The Labute approximate surface area is 158 Å². The van der Waals surface area contributed by atoms with E-state index in [9.17, 15) is 4.79 Å². The predicted molar refractivity (Wildman–Crippen MR) is 105 cm³/mol. The zero-order valence-electron chi connectivity index (χ0n) is 15.4. The third-order valence-corrected chi connectivity index (χ3v) is 4.10. The molecule has 27 heavy (non-hydrogen) atoms. The maximum absolute atomic E-state index is 12.2. The van der Waals surface area contributed by atoms with Crippen molar-refractivity contribution in [1.82, 2.24) is 15.3 Å². The number of amides is 1. The van der Waals surface area contributed by atoms with Crippen LogP contribution in [0, 0.1) is 6.92 Å². The van der Waals surface area contributed by atoms with E-state index in [4.69, 9.17) is 4.74 Å². The minimum Gasteiger partial charge on any atom is -0.497 e. The van der Waals surface area contributed by atoms with Gasteiger partial charge in [0.25, 0.3) is 5.91 Å². The zero-order chi connectivity index (χ0) is 19.1. The van der Waals surface area contributed by atoms with E-state index in [0.29, 0.717) is 24.6 Å². The highest BCUT2D eigenvalue weighted by atomic mass is 16.5. The molecule has 0 atom stereocenters. The van der Waals surface area contributed by atoms with Gasteiger partial charge in [-0.1, -0.05) is 42.0 Å². The van der Waals surface area contributed by atoms with Crippen LogP contribution >= 0.6 is 0 Å². The zero-order valence-corrected chi connectivity index (χ0v) is 15.4. The summed E-state index contributed by atoms with van der Waals surface area (Å²) in [5, 5.41) is 6.00. The van der Waals surface area contributed by atoms with Crippen molar-refractivity contribution in [3.63, 3.8) is 0 Å². The van der Waals surface area contributed by atoms with Crippen LogP contribution in [0.4, 0.5) is 5.95 Å². The first kappa shape index (κ1) is 18.4. The van der Waals surface area contributed by atoms with E-state index in [0.717, 1.165) is 16.9 Å². The fourth-order valence-electron chi connectivity index (χ4n) is 2.45. The first-order chi connectivity index (χ1) is 13.1. The Kier molecular flexibility index (Phi) is 5.99. The maximum atomic E-state index is 12.2. The number of benzene rings is 2. The van der Waals surface area contributed by atoms with E-state index in [1.54, 1.807) is 7.11 Å². The summed E-state index contributed by atoms with van der Waals surface area (Å²) >= 11 is 0. The number of ether oxygens (including phenoxy) is 1. The molecule has 0 unspecified atom stereocenters. The molecule has 0 bridgehead atoms. The fourth-order valence-corrected chi connectivity index (χ4v) is 2.45. The number of nitrogens with zero attached hydrogens (tertiary/aromatic N) is 2. The molecule has 0 saturated heterocycles. The van der Waals surface area contributed by atoms with E-state index in [1.165, 1.54) is 18.0 Å². The molecule has 138 valence electrons. The summed E-state index contributed by atoms with van der Waals surface area (Å²) in [6.45, 7) is 3.11. The second-order valence-corrected chi connectivity index (χ2v) is 6.17. The van der Waals surface area contributed by atoms with Crippen LogP contribution < -0.4 is 15.4 Å². The van der Waals surface area contributed by atoms with Gasteiger partial charge in [0.15, 0.2) is 0 Å². The van der Waals surface area contributed by atoms with Gasteiger partial charge < -0.3 is 15.4 Å². The molecule has 0 spiro atoms. The van der Waals surface area contributed by atoms with Gasteiger partial charge in [0.05, 0.1) is 12.7 Å². The maximum Gasteiger partial charge on any atom is 0.254 e. The molecule has 0 fully saturated rings. The molecule has 2 aromatic carbocycles. The van der Waals surface area contributed by atoms with Crippen molar-refractivity contribution < 1.29 is 9.53 Å². The number of carbonyl (C=O) groups is 1.